The molecule has 2 rings (SSSR count). The van der Waals surface area contributed by atoms with Gasteiger partial charge in [-0.15, -0.1) is 0 Å². The van der Waals surface area contributed by atoms with Crippen LogP contribution in [-0.4, -0.2) is 5.11 Å². The van der Waals surface area contributed by atoms with Gasteiger partial charge in [0, 0.05) is 6.42 Å². The van der Waals surface area contributed by atoms with Crippen molar-refractivity contribution < 1.29 is 5.11 Å². The topological polar surface area (TPSA) is 20.2 Å². The summed E-state index contributed by atoms with van der Waals surface area (Å²) < 4.78 is 0. The molecule has 0 amide bonds. The maximum Gasteiger partial charge on any atom is 0.0926 e. The Labute approximate surface area is 129 Å². The van der Waals surface area contributed by atoms with Gasteiger partial charge in [0.25, 0.3) is 0 Å². The fourth-order valence-corrected chi connectivity index (χ4v) is 3.69. The van der Waals surface area contributed by atoms with Crippen LogP contribution in [0, 0.1) is 5.92 Å². The Balaban J connectivity index is 2.30. The van der Waals surface area contributed by atoms with Crippen molar-refractivity contribution in [3.05, 3.63) is 53.3 Å². The lowest BCUT2D eigenvalue weighted by atomic mass is 9.68. The normalized spacial score (nSPS) is 15.9. The first-order chi connectivity index (χ1) is 10.0. The number of hydrogen-bond acceptors (Lipinski definition) is 1. The van der Waals surface area contributed by atoms with E-state index in [1.807, 2.05) is 12.2 Å². The highest BCUT2D eigenvalue weighted by molar-refractivity contribution is 5.68. The Morgan fingerprint density at radius 1 is 1.00 bits per heavy atom. The largest absolute Gasteiger partial charge is 0.512 e. The van der Waals surface area contributed by atoms with Gasteiger partial charge in [-0.05, 0) is 53.4 Å². The third-order valence-corrected chi connectivity index (χ3v) is 5.32. The van der Waals surface area contributed by atoms with E-state index in [1.54, 1.807) is 0 Å². The van der Waals surface area contributed by atoms with Crippen molar-refractivity contribution >= 4 is 5.57 Å². The Bertz CT molecular complexity index is 527. The molecule has 0 saturated heterocycles. The lowest BCUT2D eigenvalue weighted by Gasteiger charge is -2.37. The number of rotatable bonds is 5. The fourth-order valence-electron chi connectivity index (χ4n) is 3.69. The van der Waals surface area contributed by atoms with Crippen molar-refractivity contribution in [3.8, 4) is 0 Å². The van der Waals surface area contributed by atoms with E-state index < -0.39 is 0 Å². The number of hydrogen-bond donors (Lipinski definition) is 1. The van der Waals surface area contributed by atoms with Gasteiger partial charge in [-0.3, -0.25) is 0 Å². The monoisotopic (exact) mass is 284 g/mol. The zero-order chi connectivity index (χ0) is 15.5. The van der Waals surface area contributed by atoms with Gasteiger partial charge in [0.05, 0.1) is 5.76 Å². The van der Waals surface area contributed by atoms with Gasteiger partial charge in [0.2, 0.25) is 0 Å². The van der Waals surface area contributed by atoms with E-state index in [2.05, 4.69) is 52.0 Å². The van der Waals surface area contributed by atoms with Gasteiger partial charge < -0.3 is 5.11 Å². The first kappa shape index (κ1) is 15.9. The minimum absolute atomic E-state index is 0.289. The lowest BCUT2D eigenvalue weighted by Crippen LogP contribution is -2.30. The Morgan fingerprint density at radius 2 is 1.62 bits per heavy atom. The van der Waals surface area contributed by atoms with Crippen LogP contribution < -0.4 is 0 Å². The summed E-state index contributed by atoms with van der Waals surface area (Å²) in [6.07, 6.45) is 7.91. The molecule has 0 bridgehead atoms. The highest BCUT2D eigenvalue weighted by Gasteiger charge is 2.31. The Hall–Kier alpha value is -1.50. The molecule has 1 aromatic rings. The molecule has 0 saturated carbocycles. The van der Waals surface area contributed by atoms with Gasteiger partial charge in [0.1, 0.15) is 0 Å². The van der Waals surface area contributed by atoms with E-state index in [4.69, 9.17) is 0 Å². The third-order valence-electron chi connectivity index (χ3n) is 5.32. The van der Waals surface area contributed by atoms with Crippen molar-refractivity contribution in [1.82, 2.24) is 0 Å². The molecule has 0 atom stereocenters. The van der Waals surface area contributed by atoms with E-state index >= 15 is 0 Å². The highest BCUT2D eigenvalue weighted by atomic mass is 16.3. The first-order valence-electron chi connectivity index (χ1n) is 8.23. The molecule has 1 aliphatic carbocycles. The highest BCUT2D eigenvalue weighted by Crippen LogP contribution is 2.39. The molecular formula is C20H28O. The van der Waals surface area contributed by atoms with Crippen LogP contribution in [-0.2, 0) is 5.41 Å². The predicted molar refractivity (Wildman–Crippen MR) is 91.5 cm³/mol. The van der Waals surface area contributed by atoms with E-state index in [9.17, 15) is 5.11 Å². The summed E-state index contributed by atoms with van der Waals surface area (Å²) >= 11 is 0. The summed E-state index contributed by atoms with van der Waals surface area (Å²) in [5.41, 5.74) is 4.35. The summed E-state index contributed by atoms with van der Waals surface area (Å²) in [7, 11) is 0. The molecule has 0 aromatic heterocycles. The molecule has 0 unspecified atom stereocenters. The molecule has 0 heterocycles. The average molecular weight is 284 g/mol. The van der Waals surface area contributed by atoms with Crippen LogP contribution in [0.3, 0.4) is 0 Å². The van der Waals surface area contributed by atoms with Crippen LogP contribution in [0.4, 0.5) is 0 Å². The number of aliphatic hydroxyl groups is 1. The van der Waals surface area contributed by atoms with Gasteiger partial charge >= 0.3 is 0 Å². The standard InChI is InChI=1S/C20H28O/c1-5-20(6-2,15(3)4)18-11-7-16(8-12-18)17-9-13-19(21)14-10-17/h7-9,11-13,15,21H,5-6,10,14H2,1-4H3. The Kier molecular flexibility index (Phi) is 4.92. The Morgan fingerprint density at radius 3 is 2.05 bits per heavy atom. The average Bonchev–Trinajstić information content (AvgIpc) is 2.50. The van der Waals surface area contributed by atoms with Crippen LogP contribution in [0.25, 0.3) is 5.57 Å². The van der Waals surface area contributed by atoms with Crippen molar-refractivity contribution in [2.75, 3.05) is 0 Å². The molecule has 114 valence electrons. The van der Waals surface area contributed by atoms with E-state index in [-0.39, 0.29) is 5.41 Å². The maximum absolute atomic E-state index is 9.47. The fraction of sp³-hybridized carbons (Fsp3) is 0.500. The SMILES string of the molecule is CCC(CC)(c1ccc(C2=CC=C(O)CC2)cc1)C(C)C. The molecule has 0 aliphatic heterocycles. The smallest absolute Gasteiger partial charge is 0.0926 e. The minimum Gasteiger partial charge on any atom is -0.512 e. The molecule has 1 aromatic carbocycles. The molecule has 1 nitrogen and oxygen atoms in total. The number of benzene rings is 1. The summed E-state index contributed by atoms with van der Waals surface area (Å²) in [5, 5.41) is 9.47. The van der Waals surface area contributed by atoms with E-state index in [0.29, 0.717) is 11.7 Å². The summed E-state index contributed by atoms with van der Waals surface area (Å²) in [6, 6.07) is 9.11. The van der Waals surface area contributed by atoms with Crippen LogP contribution >= 0.6 is 0 Å². The second kappa shape index (κ2) is 6.51. The molecule has 1 heteroatoms. The van der Waals surface area contributed by atoms with E-state index in [1.165, 1.54) is 29.5 Å². The minimum atomic E-state index is 0.289. The second-order valence-corrected chi connectivity index (χ2v) is 6.45. The van der Waals surface area contributed by atoms with Gasteiger partial charge in [0.15, 0.2) is 0 Å². The quantitative estimate of drug-likeness (QED) is 0.701. The van der Waals surface area contributed by atoms with Crippen molar-refractivity contribution in [2.45, 2.75) is 58.8 Å². The van der Waals surface area contributed by atoms with Gasteiger partial charge in [-0.1, -0.05) is 58.0 Å². The maximum atomic E-state index is 9.47. The van der Waals surface area contributed by atoms with Crippen LogP contribution in [0.2, 0.25) is 0 Å². The van der Waals surface area contributed by atoms with Gasteiger partial charge in [-0.2, -0.15) is 0 Å². The van der Waals surface area contributed by atoms with Crippen molar-refractivity contribution in [1.29, 1.82) is 0 Å². The molecule has 0 radical (unpaired) electrons. The zero-order valence-electron chi connectivity index (χ0n) is 13.8. The van der Waals surface area contributed by atoms with Gasteiger partial charge in [-0.25, -0.2) is 0 Å². The zero-order valence-corrected chi connectivity index (χ0v) is 13.8. The summed E-state index contributed by atoms with van der Waals surface area (Å²) in [6.45, 7) is 9.26. The third kappa shape index (κ3) is 3.07. The molecule has 1 aliphatic rings. The van der Waals surface area contributed by atoms with Crippen LogP contribution in [0.15, 0.2) is 42.2 Å². The molecule has 0 spiro atoms. The summed E-state index contributed by atoms with van der Waals surface area (Å²) in [5.74, 6) is 1.14. The molecule has 0 fully saturated rings. The van der Waals surface area contributed by atoms with Crippen LogP contribution in [0.5, 0.6) is 0 Å². The summed E-state index contributed by atoms with van der Waals surface area (Å²) in [4.78, 5) is 0. The molecular weight excluding hydrogens is 256 g/mol. The second-order valence-electron chi connectivity index (χ2n) is 6.45. The predicted octanol–water partition coefficient (Wildman–Crippen LogP) is 6.02. The first-order valence-corrected chi connectivity index (χ1v) is 8.23. The molecule has 1 N–H and O–H groups in total. The number of aliphatic hydroxyl groups excluding tert-OH is 1. The van der Waals surface area contributed by atoms with Crippen LogP contribution in [0.1, 0.15) is 64.5 Å². The lowest BCUT2D eigenvalue weighted by molar-refractivity contribution is 0.284. The van der Waals surface area contributed by atoms with Crippen molar-refractivity contribution in [3.63, 3.8) is 0 Å². The van der Waals surface area contributed by atoms with Crippen molar-refractivity contribution in [2.24, 2.45) is 5.92 Å². The molecule has 21 heavy (non-hydrogen) atoms. The number of allylic oxidation sites excluding steroid dienone is 4. The van der Waals surface area contributed by atoms with E-state index in [0.717, 1.165) is 12.8 Å².